The molecule has 0 aliphatic heterocycles. The van der Waals surface area contributed by atoms with Crippen molar-refractivity contribution < 1.29 is 19.2 Å². The van der Waals surface area contributed by atoms with E-state index in [1.54, 1.807) is 37.3 Å². The maximum Gasteiger partial charge on any atom is 0.315 e. The van der Waals surface area contributed by atoms with E-state index in [4.69, 9.17) is 4.52 Å². The van der Waals surface area contributed by atoms with Gasteiger partial charge in [-0.2, -0.15) is 0 Å². The summed E-state index contributed by atoms with van der Waals surface area (Å²) in [6.45, 7) is 5.39. The molecule has 1 atom stereocenters. The van der Waals surface area contributed by atoms with Crippen molar-refractivity contribution in [2.45, 2.75) is 32.1 Å². The van der Waals surface area contributed by atoms with Gasteiger partial charge in [-0.3, -0.25) is 9.59 Å². The zero-order valence-electron chi connectivity index (χ0n) is 13.4. The summed E-state index contributed by atoms with van der Waals surface area (Å²) in [5.74, 6) is -0.729. The van der Waals surface area contributed by atoms with E-state index in [1.807, 2.05) is 19.9 Å². The molecule has 0 fully saturated rings. The number of rotatable bonds is 6. The third-order valence-corrected chi connectivity index (χ3v) is 3.82. The molecule has 2 rings (SSSR count). The van der Waals surface area contributed by atoms with E-state index < -0.39 is 17.3 Å². The fourth-order valence-electron chi connectivity index (χ4n) is 2.12. The highest BCUT2D eigenvalue weighted by molar-refractivity contribution is 5.93. The van der Waals surface area contributed by atoms with E-state index >= 15 is 0 Å². The molecule has 0 bridgehead atoms. The number of benzene rings is 1. The molecular formula is C17H20N2O4. The van der Waals surface area contributed by atoms with Crippen molar-refractivity contribution in [2.24, 2.45) is 0 Å². The van der Waals surface area contributed by atoms with Gasteiger partial charge in [-0.05, 0) is 12.5 Å². The number of aromatic nitrogens is 1. The van der Waals surface area contributed by atoms with Crippen LogP contribution in [0, 0.1) is 0 Å². The Balaban J connectivity index is 2.12. The zero-order valence-corrected chi connectivity index (χ0v) is 13.4. The molecule has 23 heavy (non-hydrogen) atoms. The Morgan fingerprint density at radius 3 is 2.48 bits per heavy atom. The van der Waals surface area contributed by atoms with Crippen LogP contribution in [0.15, 0.2) is 40.9 Å². The minimum atomic E-state index is -1.22. The average molecular weight is 316 g/mol. The van der Waals surface area contributed by atoms with Gasteiger partial charge in [-0.15, -0.1) is 0 Å². The maximum atomic E-state index is 12.2. The van der Waals surface area contributed by atoms with Crippen LogP contribution in [0.2, 0.25) is 0 Å². The molecule has 2 aromatic rings. The molecule has 0 saturated carbocycles. The SMILES string of the molecule is CC(C)c1cc(C(=O)NCC(C)(C(=O)O)c2ccccc2)no1. The lowest BCUT2D eigenvalue weighted by Crippen LogP contribution is -2.44. The van der Waals surface area contributed by atoms with Gasteiger partial charge in [-0.25, -0.2) is 0 Å². The average Bonchev–Trinajstić information content (AvgIpc) is 3.03. The predicted molar refractivity (Wildman–Crippen MR) is 84.4 cm³/mol. The summed E-state index contributed by atoms with van der Waals surface area (Å²) in [7, 11) is 0. The number of carbonyl (C=O) groups is 2. The second-order valence-electron chi connectivity index (χ2n) is 5.96. The molecule has 0 radical (unpaired) electrons. The Bertz CT molecular complexity index is 694. The topological polar surface area (TPSA) is 92.4 Å². The van der Waals surface area contributed by atoms with Crippen LogP contribution in [-0.4, -0.2) is 28.7 Å². The molecule has 1 unspecified atom stereocenters. The van der Waals surface area contributed by atoms with E-state index in [1.165, 1.54) is 0 Å². The van der Waals surface area contributed by atoms with E-state index in [2.05, 4.69) is 10.5 Å². The predicted octanol–water partition coefficient (Wildman–Crippen LogP) is 2.57. The number of aliphatic carboxylic acids is 1. The first-order valence-electron chi connectivity index (χ1n) is 7.38. The van der Waals surface area contributed by atoms with Crippen molar-refractivity contribution in [1.82, 2.24) is 10.5 Å². The normalized spacial score (nSPS) is 13.6. The quantitative estimate of drug-likeness (QED) is 0.854. The van der Waals surface area contributed by atoms with Gasteiger partial charge < -0.3 is 14.9 Å². The third-order valence-electron chi connectivity index (χ3n) is 3.82. The Kier molecular flexibility index (Phi) is 4.83. The van der Waals surface area contributed by atoms with Gasteiger partial charge >= 0.3 is 5.97 Å². The summed E-state index contributed by atoms with van der Waals surface area (Å²) in [5.41, 5.74) is -0.452. The summed E-state index contributed by atoms with van der Waals surface area (Å²) in [5, 5.41) is 15.9. The molecule has 0 aliphatic rings. The van der Waals surface area contributed by atoms with Crippen LogP contribution < -0.4 is 5.32 Å². The van der Waals surface area contributed by atoms with E-state index in [-0.39, 0.29) is 18.2 Å². The lowest BCUT2D eigenvalue weighted by Gasteiger charge is -2.25. The number of nitrogens with one attached hydrogen (secondary N) is 1. The summed E-state index contributed by atoms with van der Waals surface area (Å²) in [4.78, 5) is 23.8. The second-order valence-corrected chi connectivity index (χ2v) is 5.96. The number of amides is 1. The van der Waals surface area contributed by atoms with E-state index in [0.717, 1.165) is 0 Å². The molecule has 2 N–H and O–H groups in total. The van der Waals surface area contributed by atoms with Crippen LogP contribution >= 0.6 is 0 Å². The number of carbonyl (C=O) groups excluding carboxylic acids is 1. The molecule has 1 amide bonds. The van der Waals surface area contributed by atoms with Crippen LogP contribution in [0.4, 0.5) is 0 Å². The lowest BCUT2D eigenvalue weighted by molar-refractivity contribution is -0.142. The standard InChI is InChI=1S/C17H20N2O4/c1-11(2)14-9-13(19-23-14)15(20)18-10-17(3,16(21)22)12-7-5-4-6-8-12/h4-9,11H,10H2,1-3H3,(H,18,20)(H,21,22). The van der Waals surface area contributed by atoms with Crippen LogP contribution in [0.25, 0.3) is 0 Å². The number of nitrogens with zero attached hydrogens (tertiary/aromatic N) is 1. The highest BCUT2D eigenvalue weighted by atomic mass is 16.5. The first kappa shape index (κ1) is 16.7. The van der Waals surface area contributed by atoms with Crippen LogP contribution in [0.3, 0.4) is 0 Å². The summed E-state index contributed by atoms with van der Waals surface area (Å²) < 4.78 is 5.08. The largest absolute Gasteiger partial charge is 0.481 e. The minimum Gasteiger partial charge on any atom is -0.481 e. The van der Waals surface area contributed by atoms with Gasteiger partial charge in [0.2, 0.25) is 0 Å². The number of carboxylic acid groups (broad SMARTS) is 1. The Morgan fingerprint density at radius 2 is 1.96 bits per heavy atom. The van der Waals surface area contributed by atoms with Crippen molar-refractivity contribution in [2.75, 3.05) is 6.54 Å². The fraction of sp³-hybridized carbons (Fsp3) is 0.353. The summed E-state index contributed by atoms with van der Waals surface area (Å²) in [6.07, 6.45) is 0. The van der Waals surface area contributed by atoms with Crippen LogP contribution in [0.5, 0.6) is 0 Å². The number of carboxylic acids is 1. The van der Waals surface area contributed by atoms with Gasteiger partial charge in [0.25, 0.3) is 5.91 Å². The summed E-state index contributed by atoms with van der Waals surface area (Å²) >= 11 is 0. The first-order chi connectivity index (χ1) is 10.8. The zero-order chi connectivity index (χ0) is 17.0. The maximum absolute atomic E-state index is 12.2. The highest BCUT2D eigenvalue weighted by Crippen LogP contribution is 2.23. The van der Waals surface area contributed by atoms with Crippen molar-refractivity contribution in [3.8, 4) is 0 Å². The highest BCUT2D eigenvalue weighted by Gasteiger charge is 2.35. The second kappa shape index (κ2) is 6.64. The van der Waals surface area contributed by atoms with Gasteiger partial charge in [0, 0.05) is 18.5 Å². The Hall–Kier alpha value is -2.63. The molecule has 6 nitrogen and oxygen atoms in total. The molecule has 0 saturated heterocycles. The smallest absolute Gasteiger partial charge is 0.315 e. The molecule has 0 spiro atoms. The van der Waals surface area contributed by atoms with Gasteiger partial charge in [0.1, 0.15) is 11.2 Å². The fourth-order valence-corrected chi connectivity index (χ4v) is 2.12. The molecule has 1 aromatic carbocycles. The van der Waals surface area contributed by atoms with Crippen molar-refractivity contribution in [1.29, 1.82) is 0 Å². The molecule has 1 aromatic heterocycles. The van der Waals surface area contributed by atoms with Crippen molar-refractivity contribution in [3.05, 3.63) is 53.4 Å². The molecule has 122 valence electrons. The lowest BCUT2D eigenvalue weighted by atomic mass is 9.82. The monoisotopic (exact) mass is 316 g/mol. The van der Waals surface area contributed by atoms with Crippen molar-refractivity contribution in [3.63, 3.8) is 0 Å². The van der Waals surface area contributed by atoms with Gasteiger partial charge in [-0.1, -0.05) is 49.3 Å². The first-order valence-corrected chi connectivity index (χ1v) is 7.38. The summed E-state index contributed by atoms with van der Waals surface area (Å²) in [6, 6.07) is 10.4. The van der Waals surface area contributed by atoms with E-state index in [9.17, 15) is 14.7 Å². The van der Waals surface area contributed by atoms with Gasteiger partial charge in [0.15, 0.2) is 5.69 Å². The van der Waals surface area contributed by atoms with Crippen LogP contribution in [0.1, 0.15) is 48.5 Å². The van der Waals surface area contributed by atoms with Gasteiger partial charge in [0.05, 0.1) is 0 Å². The van der Waals surface area contributed by atoms with Crippen molar-refractivity contribution >= 4 is 11.9 Å². The number of hydrogen-bond acceptors (Lipinski definition) is 4. The molecule has 0 aliphatic carbocycles. The molecule has 1 heterocycles. The number of hydrogen-bond donors (Lipinski definition) is 2. The molecular weight excluding hydrogens is 296 g/mol. The Labute approximate surface area is 134 Å². The van der Waals surface area contributed by atoms with E-state index in [0.29, 0.717) is 11.3 Å². The third kappa shape index (κ3) is 3.59. The Morgan fingerprint density at radius 1 is 1.30 bits per heavy atom. The molecule has 6 heteroatoms. The van der Waals surface area contributed by atoms with Crippen LogP contribution in [-0.2, 0) is 10.2 Å². The minimum absolute atomic E-state index is 0.0466.